The number of hydrogen-bond acceptors (Lipinski definition) is 6. The van der Waals surface area contributed by atoms with Gasteiger partial charge in [0.05, 0.1) is 6.61 Å². The molecule has 36 heavy (non-hydrogen) atoms. The van der Waals surface area contributed by atoms with E-state index < -0.39 is 71.0 Å². The first-order chi connectivity index (χ1) is 16.3. The molecule has 1 N–H and O–H groups in total. The van der Waals surface area contributed by atoms with Gasteiger partial charge in [0.1, 0.15) is 0 Å². The summed E-state index contributed by atoms with van der Waals surface area (Å²) in [5.41, 5.74) is 0. The van der Waals surface area contributed by atoms with Crippen LogP contribution < -0.4 is 0 Å². The molecule has 0 fully saturated rings. The van der Waals surface area contributed by atoms with Crippen LogP contribution >= 0.6 is 0 Å². The summed E-state index contributed by atoms with van der Waals surface area (Å²) >= 11 is 0. The van der Waals surface area contributed by atoms with Crippen molar-refractivity contribution >= 4 is 22.0 Å². The molecule has 0 aliphatic rings. The van der Waals surface area contributed by atoms with E-state index in [1.807, 2.05) is 0 Å². The lowest BCUT2D eigenvalue weighted by Crippen LogP contribution is -2.62. The zero-order chi connectivity index (χ0) is 28.4. The Kier molecular flexibility index (Phi) is 12.8. The van der Waals surface area contributed by atoms with E-state index in [0.29, 0.717) is 31.8 Å². The summed E-state index contributed by atoms with van der Waals surface area (Å²) in [7, 11) is -6.48. The second-order valence-corrected chi connectivity index (χ2v) is 9.20. The van der Waals surface area contributed by atoms with Crippen LogP contribution in [0.25, 0.3) is 0 Å². The Morgan fingerprint density at radius 3 is 1.83 bits per heavy atom. The molecular formula is C20H30F7NO7S. The van der Waals surface area contributed by atoms with E-state index in [2.05, 4.69) is 16.1 Å². The monoisotopic (exact) mass is 561 g/mol. The highest BCUT2D eigenvalue weighted by Gasteiger charge is 2.67. The van der Waals surface area contributed by atoms with Crippen LogP contribution in [0.2, 0.25) is 0 Å². The fourth-order valence-electron chi connectivity index (χ4n) is 2.80. The molecule has 0 aliphatic heterocycles. The Balaban J connectivity index is 5.84. The largest absolute Gasteiger partial charge is 0.466 e. The highest BCUT2D eigenvalue weighted by molar-refractivity contribution is 7.87. The number of ether oxygens (including phenoxy) is 2. The lowest BCUT2D eigenvalue weighted by atomic mass is 10.1. The fraction of sp³-hybridized carbons (Fsp3) is 0.800. The Morgan fingerprint density at radius 1 is 0.944 bits per heavy atom. The van der Waals surface area contributed by atoms with Gasteiger partial charge in [-0.15, -0.1) is 0 Å². The maximum absolute atomic E-state index is 14.1. The Morgan fingerprint density at radius 2 is 1.44 bits per heavy atom. The predicted molar refractivity (Wildman–Crippen MR) is 113 cm³/mol. The van der Waals surface area contributed by atoms with E-state index in [0.717, 1.165) is 4.90 Å². The molecule has 0 saturated heterocycles. The summed E-state index contributed by atoms with van der Waals surface area (Å²) < 4.78 is 134. The van der Waals surface area contributed by atoms with E-state index in [-0.39, 0.29) is 13.1 Å². The van der Waals surface area contributed by atoms with Gasteiger partial charge >= 0.3 is 45.1 Å². The molecule has 0 radical (unpaired) electrons. The maximum atomic E-state index is 14.1. The lowest BCUT2D eigenvalue weighted by Gasteiger charge is -2.37. The number of amides is 1. The molecule has 16 heteroatoms. The second-order valence-electron chi connectivity index (χ2n) is 7.74. The van der Waals surface area contributed by atoms with Crippen LogP contribution in [-0.2, 0) is 29.2 Å². The highest BCUT2D eigenvalue weighted by atomic mass is 32.2. The second kappa shape index (κ2) is 13.6. The number of rotatable bonds is 17. The molecule has 0 spiro atoms. The zero-order valence-corrected chi connectivity index (χ0v) is 20.6. The van der Waals surface area contributed by atoms with Crippen molar-refractivity contribution < 1.29 is 62.8 Å². The lowest BCUT2D eigenvalue weighted by molar-refractivity contribution is -0.350. The minimum atomic E-state index is -6.48. The van der Waals surface area contributed by atoms with Crippen molar-refractivity contribution in [3.05, 3.63) is 12.7 Å². The summed E-state index contributed by atoms with van der Waals surface area (Å²) in [4.78, 5) is 25.5. The topological polar surface area (TPSA) is 110 Å². The number of nitrogens with zero attached hydrogens (tertiary/aromatic N) is 1. The molecule has 0 saturated carbocycles. The summed E-state index contributed by atoms with van der Waals surface area (Å²) in [6, 6.07) is 0. The first kappa shape index (κ1) is 34.1. The quantitative estimate of drug-likeness (QED) is 0.0684. The standard InChI is InChI=1S/C20H30F7NO7S/c1-4-7-12-28(13-8-5-2)16(30)18(19(23,24)25,35-15(29)6-3)34-14-10-9-11-17(21,22)20(26,27)36(31,32)33/h6H,3-5,7-14H2,1-2H3,(H,31,32,33). The first-order valence-electron chi connectivity index (χ1n) is 10.9. The third-order valence-corrected chi connectivity index (χ3v) is 5.80. The van der Waals surface area contributed by atoms with Gasteiger partial charge in [0, 0.05) is 25.6 Å². The molecule has 0 aromatic rings. The van der Waals surface area contributed by atoms with Crippen LogP contribution in [0.15, 0.2) is 12.7 Å². The Labute approximate surface area is 204 Å². The van der Waals surface area contributed by atoms with Crippen molar-refractivity contribution in [2.24, 2.45) is 0 Å². The molecule has 0 aliphatic carbocycles. The van der Waals surface area contributed by atoms with Gasteiger partial charge in [-0.05, 0) is 25.7 Å². The van der Waals surface area contributed by atoms with Gasteiger partial charge < -0.3 is 14.4 Å². The van der Waals surface area contributed by atoms with Gasteiger partial charge in [0.15, 0.2) is 0 Å². The van der Waals surface area contributed by atoms with Gasteiger partial charge in [-0.2, -0.15) is 39.2 Å². The molecule has 8 nitrogen and oxygen atoms in total. The van der Waals surface area contributed by atoms with Crippen LogP contribution in [0, 0.1) is 0 Å². The van der Waals surface area contributed by atoms with Gasteiger partial charge in [0.25, 0.3) is 0 Å². The number of halogens is 7. The SMILES string of the molecule is C=CC(=O)OC(OCCCCC(F)(F)C(F)(F)S(=O)(=O)O)(C(=O)N(CCCC)CCCC)C(F)(F)F. The average molecular weight is 562 g/mol. The summed E-state index contributed by atoms with van der Waals surface area (Å²) in [5.74, 6) is -12.9. The summed E-state index contributed by atoms with van der Waals surface area (Å²) in [6.07, 6.45) is -7.36. The molecular weight excluding hydrogens is 531 g/mol. The Bertz CT molecular complexity index is 842. The fourth-order valence-corrected chi connectivity index (χ4v) is 3.28. The van der Waals surface area contributed by atoms with Crippen molar-refractivity contribution in [2.75, 3.05) is 19.7 Å². The van der Waals surface area contributed by atoms with E-state index in [1.54, 1.807) is 13.8 Å². The van der Waals surface area contributed by atoms with Crippen LogP contribution in [0.3, 0.4) is 0 Å². The smallest absolute Gasteiger partial charge is 0.412 e. The van der Waals surface area contributed by atoms with Crippen molar-refractivity contribution in [1.82, 2.24) is 4.90 Å². The van der Waals surface area contributed by atoms with Gasteiger partial charge in [-0.1, -0.05) is 33.3 Å². The molecule has 0 aromatic heterocycles. The average Bonchev–Trinajstić information content (AvgIpc) is 2.75. The van der Waals surface area contributed by atoms with E-state index >= 15 is 0 Å². The predicted octanol–water partition coefficient (Wildman–Crippen LogP) is 4.71. The number of carbonyl (C=O) groups excluding carboxylic acids is 2. The zero-order valence-electron chi connectivity index (χ0n) is 19.8. The van der Waals surface area contributed by atoms with Gasteiger partial charge in [-0.3, -0.25) is 9.35 Å². The number of hydrogen-bond donors (Lipinski definition) is 1. The number of esters is 1. The van der Waals surface area contributed by atoms with E-state index in [4.69, 9.17) is 4.55 Å². The first-order valence-corrected chi connectivity index (χ1v) is 12.4. The van der Waals surface area contributed by atoms with Crippen molar-refractivity contribution in [2.45, 2.75) is 81.9 Å². The Hall–Kier alpha value is -1.94. The van der Waals surface area contributed by atoms with Gasteiger partial charge in [-0.25, -0.2) is 4.79 Å². The highest BCUT2D eigenvalue weighted by Crippen LogP contribution is 2.42. The number of unbranched alkanes of at least 4 members (excludes halogenated alkanes) is 3. The van der Waals surface area contributed by atoms with E-state index in [1.165, 1.54) is 0 Å². The van der Waals surface area contributed by atoms with Gasteiger partial charge in [0.2, 0.25) is 0 Å². The minimum absolute atomic E-state index is 0.140. The van der Waals surface area contributed by atoms with E-state index in [9.17, 15) is 48.7 Å². The molecule has 0 aromatic carbocycles. The molecule has 0 heterocycles. The van der Waals surface area contributed by atoms with Crippen LogP contribution in [-0.4, -0.2) is 72.6 Å². The third-order valence-electron chi connectivity index (χ3n) is 4.86. The molecule has 0 bridgehead atoms. The van der Waals surface area contributed by atoms with Crippen LogP contribution in [0.1, 0.15) is 58.8 Å². The van der Waals surface area contributed by atoms with Crippen molar-refractivity contribution in [3.63, 3.8) is 0 Å². The van der Waals surface area contributed by atoms with Crippen molar-refractivity contribution in [1.29, 1.82) is 0 Å². The number of carbonyl (C=O) groups is 2. The normalized spacial score (nSPS) is 14.7. The van der Waals surface area contributed by atoms with Crippen LogP contribution in [0.5, 0.6) is 0 Å². The molecule has 1 unspecified atom stereocenters. The van der Waals surface area contributed by atoms with Crippen LogP contribution in [0.4, 0.5) is 30.7 Å². The minimum Gasteiger partial charge on any atom is -0.412 e. The molecule has 1 amide bonds. The maximum Gasteiger partial charge on any atom is 0.466 e. The molecule has 0 rings (SSSR count). The number of alkyl halides is 7. The third kappa shape index (κ3) is 8.57. The summed E-state index contributed by atoms with van der Waals surface area (Å²) in [5, 5.41) is -5.84. The summed E-state index contributed by atoms with van der Waals surface area (Å²) in [6.45, 7) is 4.95. The molecule has 1 atom stereocenters. The molecule has 212 valence electrons. The van der Waals surface area contributed by atoms with Crippen molar-refractivity contribution in [3.8, 4) is 0 Å².